The van der Waals surface area contributed by atoms with Crippen molar-refractivity contribution in [2.24, 2.45) is 5.73 Å². The van der Waals surface area contributed by atoms with Crippen molar-refractivity contribution in [3.05, 3.63) is 59.2 Å². The number of aldehydes is 1. The highest BCUT2D eigenvalue weighted by Gasteiger charge is 2.19. The van der Waals surface area contributed by atoms with Crippen LogP contribution in [0.3, 0.4) is 0 Å². The molecule has 1 amide bonds. The summed E-state index contributed by atoms with van der Waals surface area (Å²) in [4.78, 5) is 25.6. The highest BCUT2D eigenvalue weighted by atomic mass is 16.2. The van der Waals surface area contributed by atoms with Crippen molar-refractivity contribution < 1.29 is 9.59 Å². The smallest absolute Gasteiger partial charge is 0.253 e. The molecule has 0 saturated carbocycles. The van der Waals surface area contributed by atoms with Crippen molar-refractivity contribution in [2.75, 3.05) is 18.4 Å². The first-order chi connectivity index (χ1) is 13.1. The number of nitrogens with two attached hydrogens (primary N) is 1. The normalized spacial score (nSPS) is 18.9. The minimum atomic E-state index is -0.274. The Morgan fingerprint density at radius 2 is 1.78 bits per heavy atom. The molecule has 138 valence electrons. The second kappa shape index (κ2) is 7.37. The van der Waals surface area contributed by atoms with Crippen LogP contribution in [0.1, 0.15) is 35.2 Å². The summed E-state index contributed by atoms with van der Waals surface area (Å²) in [5, 5.41) is 3.24. The lowest BCUT2D eigenvalue weighted by atomic mass is 9.99. The van der Waals surface area contributed by atoms with Crippen LogP contribution in [0.15, 0.2) is 48.0 Å². The molecule has 2 aromatic rings. The van der Waals surface area contributed by atoms with E-state index in [0.29, 0.717) is 12.0 Å². The molecule has 1 fully saturated rings. The third-order valence-corrected chi connectivity index (χ3v) is 5.20. The van der Waals surface area contributed by atoms with Gasteiger partial charge < -0.3 is 16.0 Å². The molecule has 0 aromatic heterocycles. The largest absolute Gasteiger partial charge is 0.369 e. The number of rotatable bonds is 3. The van der Waals surface area contributed by atoms with Crippen molar-refractivity contribution in [3.8, 4) is 11.1 Å². The number of hydrogen-bond donors (Lipinski definition) is 2. The minimum Gasteiger partial charge on any atom is -0.369 e. The molecule has 4 rings (SSSR count). The Morgan fingerprint density at radius 3 is 2.48 bits per heavy atom. The van der Waals surface area contributed by atoms with Crippen LogP contribution in [0.5, 0.6) is 0 Å². The van der Waals surface area contributed by atoms with E-state index in [0.717, 1.165) is 60.2 Å². The van der Waals surface area contributed by atoms with Crippen LogP contribution in [0, 0.1) is 0 Å². The molecule has 0 radical (unpaired) electrons. The Bertz CT molecular complexity index is 896. The molecular weight excluding hydrogens is 338 g/mol. The number of hydrogen-bond acceptors (Lipinski definition) is 4. The van der Waals surface area contributed by atoms with Gasteiger partial charge >= 0.3 is 0 Å². The average molecular weight is 361 g/mol. The Labute approximate surface area is 158 Å². The van der Waals surface area contributed by atoms with E-state index >= 15 is 0 Å². The molecular formula is C22H23N3O2. The first-order valence-electron chi connectivity index (χ1n) is 9.36. The average Bonchev–Trinajstić information content (AvgIpc) is 3.17. The fraction of sp³-hybridized carbons (Fsp3) is 0.273. The third-order valence-electron chi connectivity index (χ3n) is 5.20. The molecule has 1 saturated heterocycles. The number of fused-ring (bicyclic) bond motifs is 1. The molecule has 2 aliphatic heterocycles. The van der Waals surface area contributed by atoms with Crippen molar-refractivity contribution in [3.63, 3.8) is 0 Å². The van der Waals surface area contributed by atoms with Gasteiger partial charge in [-0.2, -0.15) is 0 Å². The fourth-order valence-corrected chi connectivity index (χ4v) is 3.75. The minimum absolute atomic E-state index is 0.109. The quantitative estimate of drug-likeness (QED) is 0.823. The SMILES string of the molecule is NC1CC(C=O)=Cc2cc(-c3ccc(C(=O)N4CCCC4)cc3)ccc2N1. The van der Waals surface area contributed by atoms with Crippen LogP contribution in [0.4, 0.5) is 5.69 Å². The van der Waals surface area contributed by atoms with Crippen LogP contribution < -0.4 is 11.1 Å². The predicted molar refractivity (Wildman–Crippen MR) is 107 cm³/mol. The van der Waals surface area contributed by atoms with Crippen LogP contribution >= 0.6 is 0 Å². The van der Waals surface area contributed by atoms with Crippen LogP contribution in [-0.4, -0.2) is 36.3 Å². The van der Waals surface area contributed by atoms with Gasteiger partial charge in [0.15, 0.2) is 0 Å². The number of amides is 1. The maximum atomic E-state index is 12.5. The molecule has 3 N–H and O–H groups in total. The summed E-state index contributed by atoms with van der Waals surface area (Å²) in [5.74, 6) is 0.109. The molecule has 0 spiro atoms. The number of carbonyl (C=O) groups is 2. The summed E-state index contributed by atoms with van der Waals surface area (Å²) in [6.07, 6.45) is 5.16. The second-order valence-corrected chi connectivity index (χ2v) is 7.17. The van der Waals surface area contributed by atoms with Crippen molar-refractivity contribution in [2.45, 2.75) is 25.4 Å². The molecule has 2 aliphatic rings. The summed E-state index contributed by atoms with van der Waals surface area (Å²) in [7, 11) is 0. The lowest BCUT2D eigenvalue weighted by Gasteiger charge is -2.16. The summed E-state index contributed by atoms with van der Waals surface area (Å²) in [6, 6.07) is 13.8. The number of carbonyl (C=O) groups excluding carboxylic acids is 2. The van der Waals surface area contributed by atoms with Gasteiger partial charge in [0.05, 0.1) is 6.17 Å². The molecule has 0 aliphatic carbocycles. The molecule has 2 aromatic carbocycles. The molecule has 27 heavy (non-hydrogen) atoms. The maximum Gasteiger partial charge on any atom is 0.253 e. The van der Waals surface area contributed by atoms with E-state index in [1.807, 2.05) is 53.4 Å². The molecule has 2 heterocycles. The van der Waals surface area contributed by atoms with Gasteiger partial charge in [0, 0.05) is 30.8 Å². The standard InChI is InChI=1S/C22H23N3O2/c23-21-12-15(14-26)11-19-13-18(7-8-20(19)24-21)16-3-5-17(6-4-16)22(27)25-9-1-2-10-25/h3-8,11,13-14,21,24H,1-2,9-10,12,23H2. The van der Waals surface area contributed by atoms with Gasteiger partial charge in [0.25, 0.3) is 5.91 Å². The van der Waals surface area contributed by atoms with E-state index in [-0.39, 0.29) is 12.1 Å². The Morgan fingerprint density at radius 1 is 1.07 bits per heavy atom. The summed E-state index contributed by atoms with van der Waals surface area (Å²) < 4.78 is 0. The van der Waals surface area contributed by atoms with E-state index in [1.165, 1.54) is 0 Å². The molecule has 5 heteroatoms. The van der Waals surface area contributed by atoms with Crippen molar-refractivity contribution in [1.29, 1.82) is 0 Å². The van der Waals surface area contributed by atoms with Gasteiger partial charge in [-0.25, -0.2) is 0 Å². The molecule has 0 bridgehead atoms. The first-order valence-corrected chi connectivity index (χ1v) is 9.36. The number of nitrogens with zero attached hydrogens (tertiary/aromatic N) is 1. The highest BCUT2D eigenvalue weighted by molar-refractivity contribution is 5.95. The summed E-state index contributed by atoms with van der Waals surface area (Å²) in [5.41, 5.74) is 11.4. The Balaban J connectivity index is 1.61. The van der Waals surface area contributed by atoms with Crippen LogP contribution in [0.2, 0.25) is 0 Å². The Kier molecular flexibility index (Phi) is 4.77. The van der Waals surface area contributed by atoms with E-state index in [1.54, 1.807) is 0 Å². The lowest BCUT2D eigenvalue weighted by molar-refractivity contribution is -0.105. The van der Waals surface area contributed by atoms with E-state index < -0.39 is 0 Å². The van der Waals surface area contributed by atoms with Crippen molar-refractivity contribution in [1.82, 2.24) is 4.90 Å². The first kappa shape index (κ1) is 17.5. The predicted octanol–water partition coefficient (Wildman–Crippen LogP) is 3.27. The number of nitrogens with one attached hydrogen (secondary N) is 1. The fourth-order valence-electron chi connectivity index (χ4n) is 3.75. The summed E-state index contributed by atoms with van der Waals surface area (Å²) >= 11 is 0. The van der Waals surface area contributed by atoms with E-state index in [2.05, 4.69) is 5.32 Å². The van der Waals surface area contributed by atoms with Gasteiger partial charge in [0.1, 0.15) is 6.29 Å². The summed E-state index contributed by atoms with van der Waals surface area (Å²) in [6.45, 7) is 1.71. The van der Waals surface area contributed by atoms with Gasteiger partial charge in [-0.1, -0.05) is 18.2 Å². The topological polar surface area (TPSA) is 75.4 Å². The number of benzene rings is 2. The van der Waals surface area contributed by atoms with Gasteiger partial charge in [-0.15, -0.1) is 0 Å². The molecule has 5 nitrogen and oxygen atoms in total. The van der Waals surface area contributed by atoms with Gasteiger partial charge in [-0.05, 0) is 65.4 Å². The number of likely N-dealkylation sites (tertiary alicyclic amines) is 1. The highest BCUT2D eigenvalue weighted by Crippen LogP contribution is 2.30. The van der Waals surface area contributed by atoms with E-state index in [4.69, 9.17) is 5.73 Å². The van der Waals surface area contributed by atoms with Gasteiger partial charge in [-0.3, -0.25) is 9.59 Å². The second-order valence-electron chi connectivity index (χ2n) is 7.17. The lowest BCUT2D eigenvalue weighted by Crippen LogP contribution is -2.29. The molecule has 1 unspecified atom stereocenters. The number of anilines is 1. The van der Waals surface area contributed by atoms with Crippen LogP contribution in [0.25, 0.3) is 17.2 Å². The zero-order chi connectivity index (χ0) is 18.8. The zero-order valence-corrected chi connectivity index (χ0v) is 15.2. The monoisotopic (exact) mass is 361 g/mol. The van der Waals surface area contributed by atoms with Crippen molar-refractivity contribution >= 4 is 24.0 Å². The third kappa shape index (κ3) is 3.64. The zero-order valence-electron chi connectivity index (χ0n) is 15.2. The van der Waals surface area contributed by atoms with Gasteiger partial charge in [0.2, 0.25) is 0 Å². The van der Waals surface area contributed by atoms with Crippen LogP contribution in [-0.2, 0) is 4.79 Å². The van der Waals surface area contributed by atoms with E-state index in [9.17, 15) is 9.59 Å². The Hall–Kier alpha value is -2.92. The molecule has 1 atom stereocenters. The maximum absolute atomic E-state index is 12.5.